The summed E-state index contributed by atoms with van der Waals surface area (Å²) < 4.78 is 14.2. The molecule has 0 amide bonds. The van der Waals surface area contributed by atoms with E-state index in [2.05, 4.69) is 0 Å². The Labute approximate surface area is 119 Å². The maximum Gasteiger partial charge on any atom is 0.131 e. The van der Waals surface area contributed by atoms with E-state index in [4.69, 9.17) is 5.73 Å². The van der Waals surface area contributed by atoms with Gasteiger partial charge in [-0.3, -0.25) is 0 Å². The molecule has 0 bridgehead atoms. The summed E-state index contributed by atoms with van der Waals surface area (Å²) in [6, 6.07) is 12.8. The Kier molecular flexibility index (Phi) is 4.53. The molecule has 106 valence electrons. The molecule has 3 heteroatoms. The maximum atomic E-state index is 14.2. The van der Waals surface area contributed by atoms with Gasteiger partial charge < -0.3 is 10.8 Å². The summed E-state index contributed by atoms with van der Waals surface area (Å²) >= 11 is 0. The van der Waals surface area contributed by atoms with Crippen LogP contribution in [0, 0.1) is 19.7 Å². The van der Waals surface area contributed by atoms with Crippen LogP contribution in [0.2, 0.25) is 0 Å². The van der Waals surface area contributed by atoms with Gasteiger partial charge in [-0.25, -0.2) is 4.39 Å². The summed E-state index contributed by atoms with van der Waals surface area (Å²) in [7, 11) is 0. The molecule has 0 fully saturated rings. The van der Waals surface area contributed by atoms with E-state index in [1.807, 2.05) is 31.2 Å². The van der Waals surface area contributed by atoms with Gasteiger partial charge in [-0.2, -0.15) is 0 Å². The van der Waals surface area contributed by atoms with Crippen LogP contribution >= 0.6 is 0 Å². The Balaban J connectivity index is 2.42. The Morgan fingerprint density at radius 1 is 1.00 bits per heavy atom. The van der Waals surface area contributed by atoms with Crippen molar-refractivity contribution in [3.05, 3.63) is 70.5 Å². The first kappa shape index (κ1) is 14.7. The Morgan fingerprint density at radius 3 is 2.25 bits per heavy atom. The standard InChI is InChI=1S/C17H20FNO/c1-11-6-3-4-8-13(11)15(10-19)17(20)14-9-5-7-12(2)16(14)18/h3-9,15,17,20H,10,19H2,1-2H3. The van der Waals surface area contributed by atoms with Crippen LogP contribution in [0.5, 0.6) is 0 Å². The smallest absolute Gasteiger partial charge is 0.131 e. The topological polar surface area (TPSA) is 46.2 Å². The normalized spacial score (nSPS) is 14.1. The molecule has 0 aliphatic carbocycles. The molecule has 0 radical (unpaired) electrons. The molecule has 0 aliphatic heterocycles. The number of benzene rings is 2. The summed E-state index contributed by atoms with van der Waals surface area (Å²) in [6.07, 6.45) is -0.944. The lowest BCUT2D eigenvalue weighted by Crippen LogP contribution is -2.22. The van der Waals surface area contributed by atoms with Crippen molar-refractivity contribution in [3.8, 4) is 0 Å². The van der Waals surface area contributed by atoms with Gasteiger partial charge in [0.1, 0.15) is 5.82 Å². The van der Waals surface area contributed by atoms with Crippen molar-refractivity contribution in [1.82, 2.24) is 0 Å². The van der Waals surface area contributed by atoms with Crippen LogP contribution in [0.25, 0.3) is 0 Å². The van der Waals surface area contributed by atoms with Crippen LogP contribution in [-0.4, -0.2) is 11.7 Å². The largest absolute Gasteiger partial charge is 0.388 e. The predicted octanol–water partition coefficient (Wildman–Crippen LogP) is 3.22. The lowest BCUT2D eigenvalue weighted by Gasteiger charge is -2.24. The molecule has 3 N–H and O–H groups in total. The quantitative estimate of drug-likeness (QED) is 0.898. The Morgan fingerprint density at radius 2 is 1.60 bits per heavy atom. The number of aliphatic hydroxyl groups excluding tert-OH is 1. The Bertz CT molecular complexity index is 597. The molecule has 2 rings (SSSR count). The number of halogens is 1. The zero-order chi connectivity index (χ0) is 14.7. The van der Waals surface area contributed by atoms with Crippen molar-refractivity contribution in [2.24, 2.45) is 5.73 Å². The molecule has 0 aromatic heterocycles. The van der Waals surface area contributed by atoms with Gasteiger partial charge in [0.05, 0.1) is 6.10 Å². The van der Waals surface area contributed by atoms with Crippen molar-refractivity contribution in [2.45, 2.75) is 25.9 Å². The molecular weight excluding hydrogens is 253 g/mol. The van der Waals surface area contributed by atoms with E-state index in [1.165, 1.54) is 0 Å². The van der Waals surface area contributed by atoms with Crippen LogP contribution in [0.15, 0.2) is 42.5 Å². The Hall–Kier alpha value is -1.71. The fourth-order valence-corrected chi connectivity index (χ4v) is 2.54. The average molecular weight is 273 g/mol. The van der Waals surface area contributed by atoms with Crippen LogP contribution < -0.4 is 5.73 Å². The molecule has 2 nitrogen and oxygen atoms in total. The van der Waals surface area contributed by atoms with Crippen molar-refractivity contribution >= 4 is 0 Å². The minimum absolute atomic E-state index is 0.263. The van der Waals surface area contributed by atoms with Crippen molar-refractivity contribution < 1.29 is 9.50 Å². The second kappa shape index (κ2) is 6.16. The molecule has 2 atom stereocenters. The van der Waals surface area contributed by atoms with E-state index in [0.717, 1.165) is 11.1 Å². The van der Waals surface area contributed by atoms with Gasteiger partial charge in [-0.15, -0.1) is 0 Å². The summed E-state index contributed by atoms with van der Waals surface area (Å²) in [5.74, 6) is -0.667. The van der Waals surface area contributed by atoms with Gasteiger partial charge in [-0.1, -0.05) is 42.5 Å². The number of hydrogen-bond donors (Lipinski definition) is 2. The van der Waals surface area contributed by atoms with Crippen molar-refractivity contribution in [2.75, 3.05) is 6.54 Å². The second-order valence-corrected chi connectivity index (χ2v) is 5.12. The zero-order valence-corrected chi connectivity index (χ0v) is 11.8. The fourth-order valence-electron chi connectivity index (χ4n) is 2.54. The van der Waals surface area contributed by atoms with Gasteiger partial charge in [-0.05, 0) is 30.5 Å². The first-order valence-corrected chi connectivity index (χ1v) is 6.75. The molecular formula is C17H20FNO. The van der Waals surface area contributed by atoms with Crippen LogP contribution in [0.4, 0.5) is 4.39 Å². The number of nitrogens with two attached hydrogens (primary N) is 1. The fraction of sp³-hybridized carbons (Fsp3) is 0.294. The van der Waals surface area contributed by atoms with Gasteiger partial charge in [0.2, 0.25) is 0 Å². The SMILES string of the molecule is Cc1ccccc1C(CN)C(O)c1cccc(C)c1F. The van der Waals surface area contributed by atoms with E-state index in [9.17, 15) is 9.50 Å². The highest BCUT2D eigenvalue weighted by molar-refractivity contribution is 5.34. The van der Waals surface area contributed by atoms with Gasteiger partial charge >= 0.3 is 0 Å². The summed E-state index contributed by atoms with van der Waals surface area (Å²) in [6.45, 7) is 3.92. The van der Waals surface area contributed by atoms with Crippen molar-refractivity contribution in [3.63, 3.8) is 0 Å². The predicted molar refractivity (Wildman–Crippen MR) is 79.1 cm³/mol. The monoisotopic (exact) mass is 273 g/mol. The highest BCUT2D eigenvalue weighted by Gasteiger charge is 2.25. The first-order chi connectivity index (χ1) is 9.56. The van der Waals surface area contributed by atoms with Gasteiger partial charge in [0.15, 0.2) is 0 Å². The molecule has 2 aromatic carbocycles. The molecule has 0 saturated heterocycles. The average Bonchev–Trinajstić information content (AvgIpc) is 2.44. The van der Waals surface area contributed by atoms with E-state index in [-0.39, 0.29) is 18.3 Å². The molecule has 0 saturated carbocycles. The maximum absolute atomic E-state index is 14.2. The van der Waals surface area contributed by atoms with Crippen LogP contribution in [0.1, 0.15) is 34.3 Å². The highest BCUT2D eigenvalue weighted by atomic mass is 19.1. The van der Waals surface area contributed by atoms with Crippen LogP contribution in [0.3, 0.4) is 0 Å². The molecule has 20 heavy (non-hydrogen) atoms. The third kappa shape index (κ3) is 2.74. The summed E-state index contributed by atoms with van der Waals surface area (Å²) in [5.41, 5.74) is 8.67. The molecule has 0 spiro atoms. The second-order valence-electron chi connectivity index (χ2n) is 5.12. The van der Waals surface area contributed by atoms with E-state index in [1.54, 1.807) is 25.1 Å². The van der Waals surface area contributed by atoms with Gasteiger partial charge in [0.25, 0.3) is 0 Å². The lowest BCUT2D eigenvalue weighted by molar-refractivity contribution is 0.142. The number of hydrogen-bond acceptors (Lipinski definition) is 2. The van der Waals surface area contributed by atoms with Crippen molar-refractivity contribution in [1.29, 1.82) is 0 Å². The third-order valence-corrected chi connectivity index (χ3v) is 3.76. The number of aliphatic hydroxyl groups is 1. The van der Waals surface area contributed by atoms with E-state index < -0.39 is 6.10 Å². The third-order valence-electron chi connectivity index (χ3n) is 3.76. The summed E-state index contributed by atoms with van der Waals surface area (Å²) in [5, 5.41) is 10.5. The zero-order valence-electron chi connectivity index (χ0n) is 11.8. The minimum Gasteiger partial charge on any atom is -0.388 e. The van der Waals surface area contributed by atoms with E-state index in [0.29, 0.717) is 11.1 Å². The first-order valence-electron chi connectivity index (χ1n) is 6.75. The molecule has 2 unspecified atom stereocenters. The molecule has 0 aliphatic rings. The molecule has 2 aromatic rings. The molecule has 0 heterocycles. The highest BCUT2D eigenvalue weighted by Crippen LogP contribution is 2.33. The van der Waals surface area contributed by atoms with Crippen LogP contribution in [-0.2, 0) is 0 Å². The van der Waals surface area contributed by atoms with E-state index >= 15 is 0 Å². The lowest BCUT2D eigenvalue weighted by atomic mass is 9.86. The number of rotatable bonds is 4. The number of aryl methyl sites for hydroxylation is 2. The minimum atomic E-state index is -0.944. The summed E-state index contributed by atoms with van der Waals surface area (Å²) in [4.78, 5) is 0. The van der Waals surface area contributed by atoms with Gasteiger partial charge in [0, 0.05) is 18.0 Å².